The van der Waals surface area contributed by atoms with Crippen LogP contribution in [0.1, 0.15) is 0 Å². The molecule has 0 fully saturated rings. The van der Waals surface area contributed by atoms with Crippen LogP contribution in [0.4, 0.5) is 0 Å². The molecule has 47 valence electrons. The van der Waals surface area contributed by atoms with Gasteiger partial charge in [0.1, 0.15) is 0 Å². The van der Waals surface area contributed by atoms with E-state index in [1.807, 2.05) is 0 Å². The molecule has 0 saturated heterocycles. The quantitative estimate of drug-likeness (QED) is 0.382. The minimum absolute atomic E-state index is 0. The van der Waals surface area contributed by atoms with E-state index in [2.05, 4.69) is 16.7 Å². The molecule has 8 heavy (non-hydrogen) atoms. The summed E-state index contributed by atoms with van der Waals surface area (Å²) in [5, 5.41) is 8.37. The smallest absolute Gasteiger partial charge is 0.0799 e. The molecule has 4 heteroatoms. The minimum atomic E-state index is -0.694. The molecule has 0 aliphatic heterocycles. The molecule has 0 amide bonds. The summed E-state index contributed by atoms with van der Waals surface area (Å²) in [4.78, 5) is 8.44. The van der Waals surface area contributed by atoms with Crippen molar-refractivity contribution in [2.24, 2.45) is 0 Å². The van der Waals surface area contributed by atoms with Crippen molar-refractivity contribution >= 4 is 0 Å². The molecule has 0 aromatic heterocycles. The van der Waals surface area contributed by atoms with Gasteiger partial charge in [-0.25, -0.2) is 9.78 Å². The standard InChI is InChI=1S/C4H9O3.Y/c1-4(5)3-7-6-2;/h4-5H,1,3H2,2H3;/q-1;. The third-order valence-electron chi connectivity index (χ3n) is 0.378. The van der Waals surface area contributed by atoms with Gasteiger partial charge in [-0.15, -0.1) is 0 Å². The van der Waals surface area contributed by atoms with Gasteiger partial charge < -0.3 is 12.0 Å². The second-order valence-corrected chi connectivity index (χ2v) is 1.11. The molecule has 0 aromatic carbocycles. The first-order valence-electron chi connectivity index (χ1n) is 1.94. The Balaban J connectivity index is 0. The van der Waals surface area contributed by atoms with Gasteiger partial charge in [-0.1, -0.05) is 0 Å². The summed E-state index contributed by atoms with van der Waals surface area (Å²) in [5.41, 5.74) is 0. The summed E-state index contributed by atoms with van der Waals surface area (Å²) in [6.45, 7) is 3.35. The van der Waals surface area contributed by atoms with Crippen molar-refractivity contribution in [3.8, 4) is 0 Å². The van der Waals surface area contributed by atoms with Gasteiger partial charge in [0.2, 0.25) is 0 Å². The van der Waals surface area contributed by atoms with Crippen LogP contribution < -0.4 is 0 Å². The first-order valence-corrected chi connectivity index (χ1v) is 1.94. The fraction of sp³-hybridized carbons (Fsp3) is 0.750. The molecule has 0 aliphatic rings. The summed E-state index contributed by atoms with van der Waals surface area (Å²) >= 11 is 0. The van der Waals surface area contributed by atoms with Crippen molar-refractivity contribution in [1.82, 2.24) is 0 Å². The van der Waals surface area contributed by atoms with Crippen LogP contribution in [0.25, 0.3) is 0 Å². The Morgan fingerprint density at radius 1 is 1.75 bits per heavy atom. The summed E-state index contributed by atoms with van der Waals surface area (Å²) < 4.78 is 0. The van der Waals surface area contributed by atoms with Crippen molar-refractivity contribution in [3.05, 3.63) is 6.92 Å². The van der Waals surface area contributed by atoms with Crippen LogP contribution in [0.2, 0.25) is 0 Å². The van der Waals surface area contributed by atoms with Crippen LogP contribution in [-0.4, -0.2) is 24.9 Å². The van der Waals surface area contributed by atoms with E-state index in [-0.39, 0.29) is 39.3 Å². The molecule has 1 unspecified atom stereocenters. The van der Waals surface area contributed by atoms with E-state index in [0.717, 1.165) is 0 Å². The van der Waals surface area contributed by atoms with Gasteiger partial charge in [0.15, 0.2) is 0 Å². The molecule has 1 atom stereocenters. The Hall–Kier alpha value is 0.984. The third kappa shape index (κ3) is 10.1. The summed E-state index contributed by atoms with van der Waals surface area (Å²) in [5.74, 6) is 0. The average molecular weight is 194 g/mol. The maximum Gasteiger partial charge on any atom is 0.0799 e. The summed E-state index contributed by atoms with van der Waals surface area (Å²) in [6, 6.07) is 0. The molecule has 0 bridgehead atoms. The third-order valence-corrected chi connectivity index (χ3v) is 0.378. The van der Waals surface area contributed by atoms with Crippen LogP contribution in [-0.2, 0) is 42.5 Å². The molecule has 3 nitrogen and oxygen atoms in total. The van der Waals surface area contributed by atoms with Crippen molar-refractivity contribution < 1.29 is 47.6 Å². The van der Waals surface area contributed by atoms with Crippen molar-refractivity contribution in [1.29, 1.82) is 0 Å². The molecular formula is C4H9O3Y-. The number of hydrogen-bond donors (Lipinski definition) is 1. The molecule has 0 aliphatic carbocycles. The zero-order valence-electron chi connectivity index (χ0n) is 4.83. The fourth-order valence-electron chi connectivity index (χ4n) is 0.147. The molecular weight excluding hydrogens is 185 g/mol. The molecule has 0 rings (SSSR count). The Morgan fingerprint density at radius 2 is 2.25 bits per heavy atom. The van der Waals surface area contributed by atoms with Gasteiger partial charge in [-0.3, -0.25) is 0 Å². The Labute approximate surface area is 74.2 Å². The van der Waals surface area contributed by atoms with Crippen LogP contribution in [0.5, 0.6) is 0 Å². The molecule has 0 heterocycles. The maximum absolute atomic E-state index is 8.37. The van der Waals surface area contributed by atoms with E-state index >= 15 is 0 Å². The molecule has 0 aromatic rings. The van der Waals surface area contributed by atoms with E-state index in [9.17, 15) is 0 Å². The normalized spacial score (nSPS) is 12.4. The zero-order valence-corrected chi connectivity index (χ0v) is 7.67. The second kappa shape index (κ2) is 7.98. The predicted octanol–water partition coefficient (Wildman–Crippen LogP) is -0.243. The fourth-order valence-corrected chi connectivity index (χ4v) is 0.147. The van der Waals surface area contributed by atoms with E-state index in [0.29, 0.717) is 0 Å². The molecule has 1 N–H and O–H groups in total. The van der Waals surface area contributed by atoms with Crippen LogP contribution in [0.3, 0.4) is 0 Å². The SMILES string of the molecule is [CH2-]C(O)COOC.[Y]. The first-order chi connectivity index (χ1) is 3.27. The maximum atomic E-state index is 8.37. The van der Waals surface area contributed by atoms with E-state index in [1.54, 1.807) is 0 Å². The number of hydrogen-bond acceptors (Lipinski definition) is 3. The van der Waals surface area contributed by atoms with Crippen molar-refractivity contribution in [3.63, 3.8) is 0 Å². The van der Waals surface area contributed by atoms with Gasteiger partial charge >= 0.3 is 0 Å². The van der Waals surface area contributed by atoms with Crippen molar-refractivity contribution in [2.75, 3.05) is 13.7 Å². The summed E-state index contributed by atoms with van der Waals surface area (Å²) in [7, 11) is 1.38. The van der Waals surface area contributed by atoms with Crippen LogP contribution >= 0.6 is 0 Å². The molecule has 0 spiro atoms. The predicted molar refractivity (Wildman–Crippen MR) is 24.3 cm³/mol. The second-order valence-electron chi connectivity index (χ2n) is 1.11. The number of aliphatic hydroxyl groups excluding tert-OH is 1. The first kappa shape index (κ1) is 11.7. The van der Waals surface area contributed by atoms with Gasteiger partial charge in [0, 0.05) is 32.7 Å². The van der Waals surface area contributed by atoms with Crippen molar-refractivity contribution in [2.45, 2.75) is 6.10 Å². The average Bonchev–Trinajstić information content (AvgIpc) is 1.61. The van der Waals surface area contributed by atoms with E-state index in [1.165, 1.54) is 7.11 Å². The zero-order chi connectivity index (χ0) is 5.70. The largest absolute Gasteiger partial charge is 0.423 e. The van der Waals surface area contributed by atoms with E-state index < -0.39 is 6.10 Å². The number of rotatable bonds is 3. The Morgan fingerprint density at radius 3 is 2.38 bits per heavy atom. The molecule has 1 radical (unpaired) electrons. The van der Waals surface area contributed by atoms with Gasteiger partial charge in [0.25, 0.3) is 0 Å². The monoisotopic (exact) mass is 194 g/mol. The Bertz CT molecular complexity index is 40.3. The van der Waals surface area contributed by atoms with E-state index in [4.69, 9.17) is 5.11 Å². The van der Waals surface area contributed by atoms with Crippen LogP contribution in [0.15, 0.2) is 0 Å². The Kier molecular flexibility index (Phi) is 11.7. The number of aliphatic hydroxyl groups is 1. The van der Waals surface area contributed by atoms with Crippen LogP contribution in [0, 0.1) is 6.92 Å². The van der Waals surface area contributed by atoms with Gasteiger partial charge in [-0.05, 0) is 6.10 Å². The van der Waals surface area contributed by atoms with Gasteiger partial charge in [0.05, 0.1) is 13.7 Å². The minimum Gasteiger partial charge on any atom is -0.423 e. The topological polar surface area (TPSA) is 38.7 Å². The summed E-state index contributed by atoms with van der Waals surface area (Å²) in [6.07, 6.45) is -0.694. The molecule has 0 saturated carbocycles. The van der Waals surface area contributed by atoms with Gasteiger partial charge in [-0.2, -0.15) is 0 Å².